The van der Waals surface area contributed by atoms with E-state index in [1.807, 2.05) is 61.5 Å². The monoisotopic (exact) mass is 502 g/mol. The number of hydrogen-bond donors (Lipinski definition) is 1. The van der Waals surface area contributed by atoms with E-state index < -0.39 is 10.0 Å². The van der Waals surface area contributed by atoms with E-state index in [-0.39, 0.29) is 28.9 Å². The first kappa shape index (κ1) is 23.4. The minimum absolute atomic E-state index is 0. The topological polar surface area (TPSA) is 65.0 Å². The summed E-state index contributed by atoms with van der Waals surface area (Å²) in [6, 6.07) is 16.9. The molecule has 8 heteroatoms. The second kappa shape index (κ2) is 10.6. The Bertz CT molecular complexity index is 836. The molecule has 0 radical (unpaired) electrons. The fourth-order valence-corrected chi connectivity index (χ4v) is 3.18. The molecule has 0 unspecified atom stereocenters. The van der Waals surface area contributed by atoms with Crippen molar-refractivity contribution in [3.05, 3.63) is 65.7 Å². The fraction of sp³-hybridized carbons (Fsp3) is 0.316. The highest BCUT2D eigenvalue weighted by molar-refractivity contribution is 14.0. The number of hydrogen-bond acceptors (Lipinski definition) is 3. The van der Waals surface area contributed by atoms with Crippen LogP contribution in [0, 0.1) is 0 Å². The molecule has 0 atom stereocenters. The maximum absolute atomic E-state index is 12.1. The Morgan fingerprint density at radius 3 is 2.04 bits per heavy atom. The van der Waals surface area contributed by atoms with Crippen molar-refractivity contribution in [1.29, 1.82) is 0 Å². The van der Waals surface area contributed by atoms with E-state index in [9.17, 15) is 8.42 Å². The van der Waals surface area contributed by atoms with E-state index in [0.717, 1.165) is 17.1 Å². The average Bonchev–Trinajstić information content (AvgIpc) is 2.62. The molecule has 0 fully saturated rings. The summed E-state index contributed by atoms with van der Waals surface area (Å²) in [4.78, 5) is 6.83. The molecule has 0 aliphatic rings. The molecule has 2 aromatic rings. The third-order valence-corrected chi connectivity index (χ3v) is 5.66. The highest BCUT2D eigenvalue weighted by Crippen LogP contribution is 2.14. The quantitative estimate of drug-likeness (QED) is 0.375. The first-order valence-electron chi connectivity index (χ1n) is 8.32. The first-order chi connectivity index (χ1) is 12.3. The smallest absolute Gasteiger partial charge is 0.242 e. The van der Waals surface area contributed by atoms with Crippen molar-refractivity contribution in [2.75, 3.05) is 28.2 Å². The lowest BCUT2D eigenvalue weighted by Gasteiger charge is -2.18. The Kier molecular flexibility index (Phi) is 9.20. The highest BCUT2D eigenvalue weighted by Gasteiger charge is 2.16. The summed E-state index contributed by atoms with van der Waals surface area (Å²) in [6.45, 7) is 1.16. The molecule has 0 saturated carbocycles. The maximum atomic E-state index is 12.1. The fourth-order valence-electron chi connectivity index (χ4n) is 2.28. The third kappa shape index (κ3) is 6.78. The molecule has 0 spiro atoms. The van der Waals surface area contributed by atoms with Gasteiger partial charge >= 0.3 is 0 Å². The largest absolute Gasteiger partial charge is 0.352 e. The van der Waals surface area contributed by atoms with Crippen molar-refractivity contribution in [3.8, 4) is 0 Å². The predicted octanol–water partition coefficient (Wildman–Crippen LogP) is 2.76. The minimum atomic E-state index is -3.40. The van der Waals surface area contributed by atoms with Gasteiger partial charge in [-0.15, -0.1) is 24.0 Å². The number of nitrogens with zero attached hydrogens (tertiary/aromatic N) is 3. The molecule has 0 aliphatic carbocycles. The summed E-state index contributed by atoms with van der Waals surface area (Å²) in [5.74, 6) is 0.777. The molecule has 0 heterocycles. The van der Waals surface area contributed by atoms with Gasteiger partial charge in [-0.25, -0.2) is 17.7 Å². The molecule has 0 bridgehead atoms. The summed E-state index contributed by atoms with van der Waals surface area (Å²) in [5.41, 5.74) is 2.13. The van der Waals surface area contributed by atoms with Gasteiger partial charge in [-0.05, 0) is 23.3 Å². The maximum Gasteiger partial charge on any atom is 0.242 e. The SMILES string of the molecule is CN(C)C(=NCc1ccccc1)NCc1ccc(S(=O)(=O)N(C)C)cc1.I. The van der Waals surface area contributed by atoms with Crippen molar-refractivity contribution in [2.24, 2.45) is 4.99 Å². The predicted molar refractivity (Wildman–Crippen MR) is 121 cm³/mol. The lowest BCUT2D eigenvalue weighted by atomic mass is 10.2. The molecular formula is C19H27IN4O2S. The van der Waals surface area contributed by atoms with E-state index in [0.29, 0.717) is 13.1 Å². The Morgan fingerprint density at radius 1 is 0.926 bits per heavy atom. The van der Waals surface area contributed by atoms with E-state index in [1.54, 1.807) is 12.1 Å². The number of sulfonamides is 1. The molecule has 0 aliphatic heterocycles. The van der Waals surface area contributed by atoms with Crippen LogP contribution in [0.4, 0.5) is 0 Å². The van der Waals surface area contributed by atoms with Gasteiger partial charge in [0.25, 0.3) is 0 Å². The van der Waals surface area contributed by atoms with Gasteiger partial charge < -0.3 is 10.2 Å². The van der Waals surface area contributed by atoms with Crippen molar-refractivity contribution < 1.29 is 8.42 Å². The Hall–Kier alpha value is -1.65. The van der Waals surface area contributed by atoms with Crippen molar-refractivity contribution in [3.63, 3.8) is 0 Å². The summed E-state index contributed by atoms with van der Waals surface area (Å²) in [5, 5.41) is 3.30. The molecule has 2 rings (SSSR count). The van der Waals surface area contributed by atoms with E-state index >= 15 is 0 Å². The van der Waals surface area contributed by atoms with Crippen LogP contribution in [0.15, 0.2) is 64.5 Å². The Morgan fingerprint density at radius 2 is 1.52 bits per heavy atom. The number of halogens is 1. The molecule has 6 nitrogen and oxygen atoms in total. The van der Waals surface area contributed by atoms with Crippen LogP contribution in [-0.2, 0) is 23.1 Å². The van der Waals surface area contributed by atoms with Crippen LogP contribution in [0.1, 0.15) is 11.1 Å². The number of guanidine groups is 1. The van der Waals surface area contributed by atoms with E-state index in [2.05, 4.69) is 10.3 Å². The standard InChI is InChI=1S/C19H26N4O2S.HI/c1-22(2)19(20-14-16-8-6-5-7-9-16)21-15-17-10-12-18(13-11-17)26(24,25)23(3)4;/h5-13H,14-15H2,1-4H3,(H,20,21);1H. The van der Waals surface area contributed by atoms with Crippen molar-refractivity contribution >= 4 is 40.0 Å². The van der Waals surface area contributed by atoms with E-state index in [1.165, 1.54) is 18.4 Å². The molecule has 0 saturated heterocycles. The lowest BCUT2D eigenvalue weighted by Crippen LogP contribution is -2.36. The number of benzene rings is 2. The second-order valence-electron chi connectivity index (χ2n) is 6.30. The van der Waals surface area contributed by atoms with Crippen molar-refractivity contribution in [2.45, 2.75) is 18.0 Å². The second-order valence-corrected chi connectivity index (χ2v) is 8.46. The van der Waals surface area contributed by atoms with Crippen LogP contribution < -0.4 is 5.32 Å². The van der Waals surface area contributed by atoms with Gasteiger partial charge in [-0.2, -0.15) is 0 Å². The normalized spacial score (nSPS) is 11.8. The molecule has 0 amide bonds. The average molecular weight is 502 g/mol. The van der Waals surface area contributed by atoms with Crippen LogP contribution >= 0.6 is 24.0 Å². The van der Waals surface area contributed by atoms with Crippen LogP contribution in [0.5, 0.6) is 0 Å². The minimum Gasteiger partial charge on any atom is -0.352 e. The Balaban J connectivity index is 0.00000364. The van der Waals surface area contributed by atoms with Crippen LogP contribution in [-0.4, -0.2) is 51.8 Å². The molecule has 27 heavy (non-hydrogen) atoms. The third-order valence-electron chi connectivity index (χ3n) is 3.83. The molecule has 148 valence electrons. The van der Waals surface area contributed by atoms with Crippen LogP contribution in [0.3, 0.4) is 0 Å². The summed E-state index contributed by atoms with van der Waals surface area (Å²) in [7, 11) is 3.52. The van der Waals surface area contributed by atoms with Gasteiger partial charge in [0.1, 0.15) is 0 Å². The lowest BCUT2D eigenvalue weighted by molar-refractivity contribution is 0.520. The van der Waals surface area contributed by atoms with Crippen molar-refractivity contribution in [1.82, 2.24) is 14.5 Å². The zero-order valence-corrected chi connectivity index (χ0v) is 19.2. The van der Waals surface area contributed by atoms with Gasteiger partial charge in [0.2, 0.25) is 10.0 Å². The Labute approximate surface area is 179 Å². The number of nitrogens with one attached hydrogen (secondary N) is 1. The van der Waals surface area contributed by atoms with Crippen LogP contribution in [0.2, 0.25) is 0 Å². The highest BCUT2D eigenvalue weighted by atomic mass is 127. The zero-order valence-electron chi connectivity index (χ0n) is 16.1. The van der Waals surface area contributed by atoms with Gasteiger partial charge in [-0.3, -0.25) is 0 Å². The summed E-state index contributed by atoms with van der Waals surface area (Å²) >= 11 is 0. The first-order valence-corrected chi connectivity index (χ1v) is 9.76. The molecule has 2 aromatic carbocycles. The zero-order chi connectivity index (χ0) is 19.2. The molecule has 1 N–H and O–H groups in total. The van der Waals surface area contributed by atoms with Gasteiger partial charge in [0.05, 0.1) is 11.4 Å². The summed E-state index contributed by atoms with van der Waals surface area (Å²) < 4.78 is 25.4. The van der Waals surface area contributed by atoms with Crippen LogP contribution in [0.25, 0.3) is 0 Å². The summed E-state index contributed by atoms with van der Waals surface area (Å²) in [6.07, 6.45) is 0. The number of aliphatic imine (C=N–C) groups is 1. The van der Waals surface area contributed by atoms with Gasteiger partial charge in [-0.1, -0.05) is 42.5 Å². The van der Waals surface area contributed by atoms with E-state index in [4.69, 9.17) is 0 Å². The molecular weight excluding hydrogens is 475 g/mol. The van der Waals surface area contributed by atoms with Gasteiger partial charge in [0.15, 0.2) is 5.96 Å². The molecule has 0 aromatic heterocycles. The van der Waals surface area contributed by atoms with Gasteiger partial charge in [0, 0.05) is 34.7 Å². The number of rotatable bonds is 6.